The normalized spacial score (nSPS) is 41.8. The van der Waals surface area contributed by atoms with Gasteiger partial charge in [-0.25, -0.2) is 0 Å². The van der Waals surface area contributed by atoms with Gasteiger partial charge in [-0.2, -0.15) is 0 Å². The third-order valence-corrected chi connectivity index (χ3v) is 6.12. The molecule has 1 aromatic carbocycles. The van der Waals surface area contributed by atoms with E-state index in [-0.39, 0.29) is 6.10 Å². The molecule has 3 fully saturated rings. The Morgan fingerprint density at radius 2 is 1.78 bits per heavy atom. The lowest BCUT2D eigenvalue weighted by Crippen LogP contribution is -2.10. The summed E-state index contributed by atoms with van der Waals surface area (Å²) >= 11 is 0. The molecule has 1 aromatic rings. The van der Waals surface area contributed by atoms with Crippen LogP contribution in [0.15, 0.2) is 18.2 Å². The second kappa shape index (κ2) is 3.60. The Morgan fingerprint density at radius 3 is 2.44 bits per heavy atom. The molecule has 1 N–H and O–H groups in total. The molecule has 0 amide bonds. The maximum Gasteiger partial charge on any atom is 0.0826 e. The van der Waals surface area contributed by atoms with Crippen LogP contribution in [0.4, 0.5) is 0 Å². The van der Waals surface area contributed by atoms with E-state index in [1.165, 1.54) is 36.0 Å². The minimum absolute atomic E-state index is 0.205. The lowest BCUT2D eigenvalue weighted by atomic mass is 9.91. The topological polar surface area (TPSA) is 20.2 Å². The van der Waals surface area contributed by atoms with Crippen molar-refractivity contribution < 1.29 is 5.11 Å². The Bertz CT molecular complexity index is 476. The highest BCUT2D eigenvalue weighted by molar-refractivity contribution is 5.36. The second-order valence-corrected chi connectivity index (χ2v) is 6.80. The van der Waals surface area contributed by atoms with E-state index in [0.29, 0.717) is 5.92 Å². The smallest absolute Gasteiger partial charge is 0.0826 e. The summed E-state index contributed by atoms with van der Waals surface area (Å²) in [6, 6.07) is 6.36. The van der Waals surface area contributed by atoms with Gasteiger partial charge < -0.3 is 5.11 Å². The van der Waals surface area contributed by atoms with Gasteiger partial charge in [0.05, 0.1) is 6.10 Å². The summed E-state index contributed by atoms with van der Waals surface area (Å²) in [5.74, 6) is 4.20. The standard InChI is InChI=1S/C17H22O/c1-9-4-3-5-13(10(9)2)17(18)16-14-11-6-7-12(8-11)15(14)16/h3-5,11-12,14-18H,6-8H2,1-2H3. The maximum atomic E-state index is 10.7. The summed E-state index contributed by atoms with van der Waals surface area (Å²) in [6.45, 7) is 4.30. The molecule has 5 unspecified atom stereocenters. The Kier molecular flexibility index (Phi) is 2.21. The molecule has 3 saturated carbocycles. The molecule has 1 heteroatoms. The summed E-state index contributed by atoms with van der Waals surface area (Å²) in [5.41, 5.74) is 3.79. The van der Waals surface area contributed by atoms with Crippen molar-refractivity contribution in [1.29, 1.82) is 0 Å². The summed E-state index contributed by atoms with van der Waals surface area (Å²) in [7, 11) is 0. The SMILES string of the molecule is Cc1cccc(C(O)C2C3C4CCC(C4)C32)c1C. The first-order chi connectivity index (χ1) is 8.68. The fourth-order valence-electron chi connectivity index (χ4n) is 5.12. The lowest BCUT2D eigenvalue weighted by Gasteiger charge is -2.18. The highest BCUT2D eigenvalue weighted by atomic mass is 16.3. The molecule has 18 heavy (non-hydrogen) atoms. The van der Waals surface area contributed by atoms with Gasteiger partial charge in [0.2, 0.25) is 0 Å². The largest absolute Gasteiger partial charge is 0.388 e. The van der Waals surface area contributed by atoms with Crippen LogP contribution >= 0.6 is 0 Å². The number of benzene rings is 1. The first kappa shape index (κ1) is 11.0. The van der Waals surface area contributed by atoms with Crippen molar-refractivity contribution in [3.05, 3.63) is 34.9 Å². The molecule has 0 heterocycles. The van der Waals surface area contributed by atoms with Gasteiger partial charge in [0.1, 0.15) is 0 Å². The molecule has 1 nitrogen and oxygen atoms in total. The molecule has 96 valence electrons. The van der Waals surface area contributed by atoms with Crippen LogP contribution in [0.3, 0.4) is 0 Å². The van der Waals surface area contributed by atoms with Gasteiger partial charge >= 0.3 is 0 Å². The summed E-state index contributed by atoms with van der Waals surface area (Å²) in [6.07, 6.45) is 4.12. The van der Waals surface area contributed by atoms with E-state index in [1.54, 1.807) is 0 Å². The summed E-state index contributed by atoms with van der Waals surface area (Å²) in [4.78, 5) is 0. The molecular weight excluding hydrogens is 220 g/mol. The molecule has 5 atom stereocenters. The zero-order valence-electron chi connectivity index (χ0n) is 11.3. The van der Waals surface area contributed by atoms with Crippen LogP contribution in [-0.2, 0) is 0 Å². The van der Waals surface area contributed by atoms with Crippen LogP contribution in [0.5, 0.6) is 0 Å². The number of hydrogen-bond donors (Lipinski definition) is 1. The van der Waals surface area contributed by atoms with Crippen molar-refractivity contribution in [2.24, 2.45) is 29.6 Å². The Morgan fingerprint density at radius 1 is 1.11 bits per heavy atom. The fourth-order valence-corrected chi connectivity index (χ4v) is 5.12. The van der Waals surface area contributed by atoms with Crippen LogP contribution in [0.1, 0.15) is 42.1 Å². The van der Waals surface area contributed by atoms with Gasteiger partial charge in [0.15, 0.2) is 0 Å². The van der Waals surface area contributed by atoms with Gasteiger partial charge in [0.25, 0.3) is 0 Å². The van der Waals surface area contributed by atoms with Crippen molar-refractivity contribution in [2.45, 2.75) is 39.2 Å². The van der Waals surface area contributed by atoms with Crippen molar-refractivity contribution >= 4 is 0 Å². The van der Waals surface area contributed by atoms with E-state index in [4.69, 9.17) is 0 Å². The number of rotatable bonds is 2. The number of fused-ring (bicyclic) bond motifs is 5. The molecular formula is C17H22O. The van der Waals surface area contributed by atoms with Crippen molar-refractivity contribution in [3.8, 4) is 0 Å². The number of hydrogen-bond acceptors (Lipinski definition) is 1. The first-order valence-electron chi connectivity index (χ1n) is 7.42. The average molecular weight is 242 g/mol. The lowest BCUT2D eigenvalue weighted by molar-refractivity contribution is 0.129. The van der Waals surface area contributed by atoms with Gasteiger partial charge in [-0.3, -0.25) is 0 Å². The van der Waals surface area contributed by atoms with Crippen LogP contribution in [0, 0.1) is 43.4 Å². The Labute approximate surface area is 109 Å². The van der Waals surface area contributed by atoms with E-state index < -0.39 is 0 Å². The predicted molar refractivity (Wildman–Crippen MR) is 72.2 cm³/mol. The molecule has 0 radical (unpaired) electrons. The van der Waals surface area contributed by atoms with Crippen molar-refractivity contribution in [1.82, 2.24) is 0 Å². The molecule has 2 bridgehead atoms. The predicted octanol–water partition coefficient (Wildman–Crippen LogP) is 3.63. The van der Waals surface area contributed by atoms with E-state index in [9.17, 15) is 5.11 Å². The summed E-state index contributed by atoms with van der Waals surface area (Å²) in [5, 5.41) is 10.7. The van der Waals surface area contributed by atoms with E-state index in [0.717, 1.165) is 23.7 Å². The minimum Gasteiger partial charge on any atom is -0.388 e. The van der Waals surface area contributed by atoms with E-state index in [1.807, 2.05) is 0 Å². The molecule has 0 aromatic heterocycles. The molecule has 0 aliphatic heterocycles. The first-order valence-corrected chi connectivity index (χ1v) is 7.42. The van der Waals surface area contributed by atoms with E-state index in [2.05, 4.69) is 32.0 Å². The highest BCUT2D eigenvalue weighted by Gasteiger charge is 2.66. The van der Waals surface area contributed by atoms with E-state index >= 15 is 0 Å². The molecule has 3 aliphatic carbocycles. The van der Waals surface area contributed by atoms with Crippen LogP contribution in [0.2, 0.25) is 0 Å². The number of aliphatic hydroxyl groups excluding tert-OH is 1. The zero-order chi connectivity index (χ0) is 12.4. The molecule has 3 aliphatic rings. The fraction of sp³-hybridized carbons (Fsp3) is 0.647. The molecule has 0 spiro atoms. The third-order valence-electron chi connectivity index (χ3n) is 6.12. The molecule has 4 rings (SSSR count). The second-order valence-electron chi connectivity index (χ2n) is 6.80. The van der Waals surface area contributed by atoms with Crippen molar-refractivity contribution in [3.63, 3.8) is 0 Å². The van der Waals surface area contributed by atoms with Crippen LogP contribution < -0.4 is 0 Å². The number of aryl methyl sites for hydroxylation is 1. The molecule has 0 saturated heterocycles. The van der Waals surface area contributed by atoms with Gasteiger partial charge in [-0.05, 0) is 79.4 Å². The minimum atomic E-state index is -0.205. The quantitative estimate of drug-likeness (QED) is 0.839. The Hall–Kier alpha value is -0.820. The van der Waals surface area contributed by atoms with Gasteiger partial charge in [-0.15, -0.1) is 0 Å². The highest BCUT2D eigenvalue weighted by Crippen LogP contribution is 2.72. The average Bonchev–Trinajstić information content (AvgIpc) is 2.80. The van der Waals surface area contributed by atoms with Gasteiger partial charge in [-0.1, -0.05) is 18.2 Å². The maximum absolute atomic E-state index is 10.7. The van der Waals surface area contributed by atoms with Gasteiger partial charge in [0, 0.05) is 0 Å². The monoisotopic (exact) mass is 242 g/mol. The van der Waals surface area contributed by atoms with Crippen molar-refractivity contribution in [2.75, 3.05) is 0 Å². The van der Waals surface area contributed by atoms with Crippen LogP contribution in [-0.4, -0.2) is 5.11 Å². The third kappa shape index (κ3) is 1.31. The number of aliphatic hydroxyl groups is 1. The zero-order valence-corrected chi connectivity index (χ0v) is 11.3. The summed E-state index contributed by atoms with van der Waals surface area (Å²) < 4.78 is 0. The Balaban J connectivity index is 1.62. The van der Waals surface area contributed by atoms with Crippen LogP contribution in [0.25, 0.3) is 0 Å².